The summed E-state index contributed by atoms with van der Waals surface area (Å²) >= 11 is 0. The van der Waals surface area contributed by atoms with Gasteiger partial charge in [-0.1, -0.05) is 6.07 Å². The normalized spacial score (nSPS) is 19.9. The second kappa shape index (κ2) is 3.31. The van der Waals surface area contributed by atoms with Crippen LogP contribution in [0.25, 0.3) is 0 Å². The van der Waals surface area contributed by atoms with Gasteiger partial charge < -0.3 is 14.6 Å². The molecule has 0 spiro atoms. The molecule has 0 bridgehead atoms. The number of benzene rings is 1. The van der Waals surface area contributed by atoms with Gasteiger partial charge in [-0.2, -0.15) is 0 Å². The molecule has 0 aromatic heterocycles. The van der Waals surface area contributed by atoms with Crippen molar-refractivity contribution in [3.05, 3.63) is 29.3 Å². The largest absolute Gasteiger partial charge is 0.497 e. The molecule has 1 N–H and O–H groups in total. The van der Waals surface area contributed by atoms with Crippen molar-refractivity contribution in [1.82, 2.24) is 0 Å². The summed E-state index contributed by atoms with van der Waals surface area (Å²) in [5.41, 5.74) is 1.39. The Hall–Kier alpha value is -1.55. The summed E-state index contributed by atoms with van der Waals surface area (Å²) in [4.78, 5) is 11.0. The Morgan fingerprint density at radius 1 is 1.57 bits per heavy atom. The van der Waals surface area contributed by atoms with E-state index in [4.69, 9.17) is 4.74 Å². The van der Waals surface area contributed by atoms with Gasteiger partial charge in [-0.25, -0.2) is 0 Å². The molecule has 1 aromatic rings. The first kappa shape index (κ1) is 9.02. The highest BCUT2D eigenvalue weighted by molar-refractivity contribution is 5.75. The van der Waals surface area contributed by atoms with Crippen LogP contribution >= 0.6 is 0 Å². The number of cyclic esters (lactones) is 1. The number of rotatable bonds is 1. The van der Waals surface area contributed by atoms with E-state index in [9.17, 15) is 9.90 Å². The fourth-order valence-electron chi connectivity index (χ4n) is 1.48. The molecule has 1 unspecified atom stereocenters. The van der Waals surface area contributed by atoms with Crippen molar-refractivity contribution in [2.45, 2.75) is 12.7 Å². The van der Waals surface area contributed by atoms with Crippen LogP contribution in [0.5, 0.6) is 5.75 Å². The summed E-state index contributed by atoms with van der Waals surface area (Å²) < 4.78 is 9.68. The zero-order chi connectivity index (χ0) is 10.1. The maximum atomic E-state index is 11.0. The average molecular weight is 194 g/mol. The predicted molar refractivity (Wildman–Crippen MR) is 47.7 cm³/mol. The Kier molecular flexibility index (Phi) is 2.13. The van der Waals surface area contributed by atoms with Crippen LogP contribution in [-0.4, -0.2) is 18.2 Å². The lowest BCUT2D eigenvalue weighted by Crippen LogP contribution is -2.21. The molecule has 0 aliphatic carbocycles. The van der Waals surface area contributed by atoms with Crippen LogP contribution in [0.4, 0.5) is 0 Å². The van der Waals surface area contributed by atoms with E-state index in [0.717, 1.165) is 5.56 Å². The van der Waals surface area contributed by atoms with Gasteiger partial charge in [-0.05, 0) is 17.7 Å². The molecular formula is C10H10O4. The summed E-state index contributed by atoms with van der Waals surface area (Å²) in [5, 5.41) is 9.45. The van der Waals surface area contributed by atoms with Crippen molar-refractivity contribution >= 4 is 5.97 Å². The fraction of sp³-hybridized carbons (Fsp3) is 0.300. The van der Waals surface area contributed by atoms with Crippen LogP contribution in [0.1, 0.15) is 17.4 Å². The number of fused-ring (bicyclic) bond motifs is 1. The molecule has 0 saturated carbocycles. The highest BCUT2D eigenvalue weighted by atomic mass is 16.6. The minimum atomic E-state index is -1.17. The molecule has 1 aromatic carbocycles. The van der Waals surface area contributed by atoms with Crippen LogP contribution < -0.4 is 4.74 Å². The molecule has 0 fully saturated rings. The molecule has 1 aliphatic rings. The van der Waals surface area contributed by atoms with Gasteiger partial charge in [-0.3, -0.25) is 4.79 Å². The van der Waals surface area contributed by atoms with E-state index in [1.165, 1.54) is 0 Å². The monoisotopic (exact) mass is 194 g/mol. The number of carbonyl (C=O) groups is 1. The summed E-state index contributed by atoms with van der Waals surface area (Å²) in [6.07, 6.45) is -0.961. The number of methoxy groups -OCH3 is 1. The first-order valence-electron chi connectivity index (χ1n) is 4.25. The van der Waals surface area contributed by atoms with Gasteiger partial charge in [0.2, 0.25) is 6.29 Å². The van der Waals surface area contributed by atoms with Crippen molar-refractivity contribution in [2.24, 2.45) is 0 Å². The van der Waals surface area contributed by atoms with Crippen LogP contribution in [0, 0.1) is 0 Å². The van der Waals surface area contributed by atoms with E-state index in [2.05, 4.69) is 4.74 Å². The summed E-state index contributed by atoms with van der Waals surface area (Å²) in [6.45, 7) is 0. The van der Waals surface area contributed by atoms with Gasteiger partial charge in [0.05, 0.1) is 13.5 Å². The van der Waals surface area contributed by atoms with Gasteiger partial charge in [0.1, 0.15) is 5.75 Å². The van der Waals surface area contributed by atoms with E-state index < -0.39 is 12.3 Å². The van der Waals surface area contributed by atoms with Crippen molar-refractivity contribution < 1.29 is 19.4 Å². The lowest BCUT2D eigenvalue weighted by atomic mass is 10.0. The first-order chi connectivity index (χ1) is 6.70. The van der Waals surface area contributed by atoms with E-state index >= 15 is 0 Å². The average Bonchev–Trinajstić information content (AvgIpc) is 2.17. The lowest BCUT2D eigenvalue weighted by molar-refractivity contribution is -0.171. The highest BCUT2D eigenvalue weighted by Crippen LogP contribution is 2.28. The fourth-order valence-corrected chi connectivity index (χ4v) is 1.48. The maximum Gasteiger partial charge on any atom is 0.312 e. The molecule has 74 valence electrons. The Balaban J connectivity index is 2.44. The number of hydrogen-bond donors (Lipinski definition) is 1. The standard InChI is InChI=1S/C10H10O4/c1-13-7-3-2-6-4-9(11)14-10(12)8(6)5-7/h2-3,5,10,12H,4H2,1H3. The van der Waals surface area contributed by atoms with E-state index in [1.807, 2.05) is 0 Å². The van der Waals surface area contributed by atoms with E-state index in [0.29, 0.717) is 11.3 Å². The molecule has 1 aliphatic heterocycles. The number of esters is 1. The highest BCUT2D eigenvalue weighted by Gasteiger charge is 2.24. The van der Waals surface area contributed by atoms with Gasteiger partial charge >= 0.3 is 5.97 Å². The molecule has 14 heavy (non-hydrogen) atoms. The Morgan fingerprint density at radius 3 is 3.07 bits per heavy atom. The third kappa shape index (κ3) is 1.44. The molecule has 1 atom stereocenters. The Labute approximate surface area is 81.1 Å². The van der Waals surface area contributed by atoms with Gasteiger partial charge in [0.25, 0.3) is 0 Å². The predicted octanol–water partition coefficient (Wildman–Crippen LogP) is 0.785. The smallest absolute Gasteiger partial charge is 0.312 e. The quantitative estimate of drug-likeness (QED) is 0.671. The van der Waals surface area contributed by atoms with Gasteiger partial charge in [0, 0.05) is 5.56 Å². The molecular weight excluding hydrogens is 184 g/mol. The summed E-state index contributed by atoms with van der Waals surface area (Å²) in [6, 6.07) is 5.19. The molecule has 4 heteroatoms. The van der Waals surface area contributed by atoms with Crippen molar-refractivity contribution in [1.29, 1.82) is 0 Å². The molecule has 2 rings (SSSR count). The first-order valence-corrected chi connectivity index (χ1v) is 4.25. The zero-order valence-corrected chi connectivity index (χ0v) is 7.69. The number of ether oxygens (including phenoxy) is 2. The zero-order valence-electron chi connectivity index (χ0n) is 7.69. The third-order valence-electron chi connectivity index (χ3n) is 2.20. The SMILES string of the molecule is COc1ccc2c(c1)C(O)OC(=O)C2. The van der Waals surface area contributed by atoms with Gasteiger partial charge in [-0.15, -0.1) is 0 Å². The van der Waals surface area contributed by atoms with E-state index in [-0.39, 0.29) is 6.42 Å². The summed E-state index contributed by atoms with van der Waals surface area (Å²) in [7, 11) is 1.54. The molecule has 0 amide bonds. The van der Waals surface area contributed by atoms with Crippen molar-refractivity contribution in [3.63, 3.8) is 0 Å². The molecule has 0 saturated heterocycles. The van der Waals surface area contributed by atoms with Gasteiger partial charge in [0.15, 0.2) is 0 Å². The number of carbonyl (C=O) groups excluding carboxylic acids is 1. The van der Waals surface area contributed by atoms with Crippen LogP contribution in [0.15, 0.2) is 18.2 Å². The minimum absolute atomic E-state index is 0.205. The molecule has 1 heterocycles. The Morgan fingerprint density at radius 2 is 2.36 bits per heavy atom. The molecule has 4 nitrogen and oxygen atoms in total. The van der Waals surface area contributed by atoms with Crippen LogP contribution in [0.3, 0.4) is 0 Å². The molecule has 0 radical (unpaired) electrons. The Bertz CT molecular complexity index is 372. The lowest BCUT2D eigenvalue weighted by Gasteiger charge is -2.21. The third-order valence-corrected chi connectivity index (χ3v) is 2.20. The minimum Gasteiger partial charge on any atom is -0.497 e. The summed E-state index contributed by atoms with van der Waals surface area (Å²) in [5.74, 6) is 0.232. The van der Waals surface area contributed by atoms with Crippen LogP contribution in [-0.2, 0) is 16.0 Å². The second-order valence-corrected chi connectivity index (χ2v) is 3.08. The van der Waals surface area contributed by atoms with Crippen LogP contribution in [0.2, 0.25) is 0 Å². The number of hydrogen-bond acceptors (Lipinski definition) is 4. The van der Waals surface area contributed by atoms with E-state index in [1.54, 1.807) is 25.3 Å². The second-order valence-electron chi connectivity index (χ2n) is 3.08. The van der Waals surface area contributed by atoms with Crippen molar-refractivity contribution in [3.8, 4) is 5.75 Å². The number of aliphatic hydroxyl groups is 1. The number of aliphatic hydroxyl groups excluding tert-OH is 1. The topological polar surface area (TPSA) is 55.8 Å². The maximum absolute atomic E-state index is 11.0. The van der Waals surface area contributed by atoms with Crippen molar-refractivity contribution in [2.75, 3.05) is 7.11 Å².